The number of morpholine rings is 1. The Morgan fingerprint density at radius 3 is 2.84 bits per heavy atom. The zero-order chi connectivity index (χ0) is 17.8. The molecule has 6 nitrogen and oxygen atoms in total. The van der Waals surface area contributed by atoms with Gasteiger partial charge in [-0.2, -0.15) is 0 Å². The van der Waals surface area contributed by atoms with Crippen molar-refractivity contribution in [3.8, 4) is 11.5 Å². The molecule has 1 aromatic rings. The first-order valence-corrected chi connectivity index (χ1v) is 8.97. The van der Waals surface area contributed by atoms with Crippen LogP contribution in [0, 0.1) is 0 Å². The maximum atomic E-state index is 12.7. The van der Waals surface area contributed by atoms with Gasteiger partial charge in [0.25, 0.3) is 0 Å². The fourth-order valence-electron chi connectivity index (χ4n) is 3.78. The van der Waals surface area contributed by atoms with Crippen LogP contribution in [0.2, 0.25) is 0 Å². The lowest BCUT2D eigenvalue weighted by atomic mass is 10.0. The zero-order valence-electron chi connectivity index (χ0n) is 15.4. The molecule has 0 bridgehead atoms. The third-order valence-corrected chi connectivity index (χ3v) is 5.10. The average Bonchev–Trinajstić information content (AvgIpc) is 3.08. The summed E-state index contributed by atoms with van der Waals surface area (Å²) >= 11 is 0. The van der Waals surface area contributed by atoms with E-state index in [1.807, 2.05) is 24.0 Å². The van der Waals surface area contributed by atoms with E-state index < -0.39 is 0 Å². The third kappa shape index (κ3) is 4.07. The zero-order valence-corrected chi connectivity index (χ0v) is 15.4. The summed E-state index contributed by atoms with van der Waals surface area (Å²) in [7, 11) is 3.33. The molecule has 2 saturated heterocycles. The van der Waals surface area contributed by atoms with E-state index in [4.69, 9.17) is 14.2 Å². The first-order chi connectivity index (χ1) is 12.1. The fourth-order valence-corrected chi connectivity index (χ4v) is 3.78. The highest BCUT2D eigenvalue weighted by atomic mass is 16.5. The molecule has 0 aliphatic carbocycles. The molecule has 3 rings (SSSR count). The second kappa shape index (κ2) is 8.06. The van der Waals surface area contributed by atoms with Gasteiger partial charge in [0.2, 0.25) is 5.91 Å². The van der Waals surface area contributed by atoms with Gasteiger partial charge in [-0.15, -0.1) is 0 Å². The van der Waals surface area contributed by atoms with Crippen LogP contribution >= 0.6 is 0 Å². The average molecular weight is 348 g/mol. The predicted octanol–water partition coefficient (Wildman–Crippen LogP) is 2.09. The molecular weight excluding hydrogens is 320 g/mol. The maximum Gasteiger partial charge on any atom is 0.236 e. The van der Waals surface area contributed by atoms with Crippen LogP contribution in [0.25, 0.3) is 0 Å². The Morgan fingerprint density at radius 2 is 2.12 bits per heavy atom. The number of nitrogens with zero attached hydrogens (tertiary/aromatic N) is 2. The monoisotopic (exact) mass is 348 g/mol. The summed E-state index contributed by atoms with van der Waals surface area (Å²) in [6.45, 7) is 5.40. The molecule has 0 radical (unpaired) electrons. The first-order valence-electron chi connectivity index (χ1n) is 8.97. The van der Waals surface area contributed by atoms with Crippen molar-refractivity contribution in [2.24, 2.45) is 0 Å². The highest BCUT2D eigenvalue weighted by molar-refractivity contribution is 5.78. The third-order valence-electron chi connectivity index (χ3n) is 5.10. The lowest BCUT2D eigenvalue weighted by Gasteiger charge is -2.33. The molecule has 1 aromatic carbocycles. The standard InChI is InChI=1S/C19H28N2O4/c1-14-12-21(9-10-25-14)19(22)13-20-8-4-5-17(20)16-7-6-15(23-2)11-18(16)24-3/h6-7,11,14,17H,4-5,8-10,12-13H2,1-3H3. The van der Waals surface area contributed by atoms with E-state index in [1.54, 1.807) is 14.2 Å². The minimum Gasteiger partial charge on any atom is -0.497 e. The van der Waals surface area contributed by atoms with Crippen molar-refractivity contribution in [1.82, 2.24) is 9.80 Å². The molecule has 0 aromatic heterocycles. The van der Waals surface area contributed by atoms with E-state index in [9.17, 15) is 4.79 Å². The first kappa shape index (κ1) is 18.0. The molecule has 138 valence electrons. The quantitative estimate of drug-likeness (QED) is 0.816. The van der Waals surface area contributed by atoms with Gasteiger partial charge in [0, 0.05) is 30.8 Å². The SMILES string of the molecule is COc1ccc(C2CCCN2CC(=O)N2CCOC(C)C2)c(OC)c1. The summed E-state index contributed by atoms with van der Waals surface area (Å²) in [5, 5.41) is 0. The fraction of sp³-hybridized carbons (Fsp3) is 0.632. The summed E-state index contributed by atoms with van der Waals surface area (Å²) in [6.07, 6.45) is 2.25. The smallest absolute Gasteiger partial charge is 0.236 e. The summed E-state index contributed by atoms with van der Waals surface area (Å²) in [5.74, 6) is 1.79. The Morgan fingerprint density at radius 1 is 1.28 bits per heavy atom. The van der Waals surface area contributed by atoms with Crippen LogP contribution in [-0.4, -0.2) is 68.8 Å². The van der Waals surface area contributed by atoms with Crippen molar-refractivity contribution in [1.29, 1.82) is 0 Å². The Kier molecular flexibility index (Phi) is 5.81. The van der Waals surface area contributed by atoms with Gasteiger partial charge < -0.3 is 19.1 Å². The molecule has 6 heteroatoms. The summed E-state index contributed by atoms with van der Waals surface area (Å²) in [4.78, 5) is 16.9. The molecule has 0 saturated carbocycles. The van der Waals surface area contributed by atoms with Crippen molar-refractivity contribution in [2.45, 2.75) is 31.9 Å². The summed E-state index contributed by atoms with van der Waals surface area (Å²) in [6, 6.07) is 6.14. The molecule has 2 aliphatic rings. The lowest BCUT2D eigenvalue weighted by Crippen LogP contribution is -2.48. The van der Waals surface area contributed by atoms with Crippen LogP contribution in [0.15, 0.2) is 18.2 Å². The van der Waals surface area contributed by atoms with E-state index >= 15 is 0 Å². The second-order valence-electron chi connectivity index (χ2n) is 6.76. The minimum absolute atomic E-state index is 0.119. The molecule has 1 amide bonds. The molecule has 25 heavy (non-hydrogen) atoms. The number of carbonyl (C=O) groups excluding carboxylic acids is 1. The maximum absolute atomic E-state index is 12.7. The molecule has 2 atom stereocenters. The van der Waals surface area contributed by atoms with Crippen molar-refractivity contribution in [2.75, 3.05) is 47.0 Å². The topological polar surface area (TPSA) is 51.2 Å². The highest BCUT2D eigenvalue weighted by Gasteiger charge is 2.32. The molecule has 2 fully saturated rings. The van der Waals surface area contributed by atoms with Gasteiger partial charge in [0.15, 0.2) is 0 Å². The molecule has 2 unspecified atom stereocenters. The second-order valence-corrected chi connectivity index (χ2v) is 6.76. The number of amides is 1. The summed E-state index contributed by atoms with van der Waals surface area (Å²) in [5.41, 5.74) is 1.13. The molecule has 2 aliphatic heterocycles. The Hall–Kier alpha value is -1.79. The number of rotatable bonds is 5. The van der Waals surface area contributed by atoms with Crippen molar-refractivity contribution in [3.63, 3.8) is 0 Å². The number of likely N-dealkylation sites (tertiary alicyclic amines) is 1. The highest BCUT2D eigenvalue weighted by Crippen LogP contribution is 2.38. The Labute approximate surface area is 149 Å². The molecular formula is C19H28N2O4. The Balaban J connectivity index is 1.71. The van der Waals surface area contributed by atoms with Crippen molar-refractivity contribution in [3.05, 3.63) is 23.8 Å². The Bertz CT molecular complexity index is 607. The minimum atomic E-state index is 0.119. The van der Waals surface area contributed by atoms with Crippen LogP contribution in [-0.2, 0) is 9.53 Å². The van der Waals surface area contributed by atoms with E-state index in [0.29, 0.717) is 26.2 Å². The van der Waals surface area contributed by atoms with E-state index in [-0.39, 0.29) is 18.1 Å². The van der Waals surface area contributed by atoms with E-state index in [0.717, 1.165) is 36.4 Å². The normalized spacial score (nSPS) is 24.4. The number of methoxy groups -OCH3 is 2. The van der Waals surface area contributed by atoms with Gasteiger partial charge in [0.05, 0.1) is 33.5 Å². The van der Waals surface area contributed by atoms with Crippen LogP contribution in [0.5, 0.6) is 11.5 Å². The van der Waals surface area contributed by atoms with Crippen LogP contribution in [0.4, 0.5) is 0 Å². The lowest BCUT2D eigenvalue weighted by molar-refractivity contribution is -0.139. The number of carbonyl (C=O) groups is 1. The van der Waals surface area contributed by atoms with Gasteiger partial charge in [-0.25, -0.2) is 0 Å². The predicted molar refractivity (Wildman–Crippen MR) is 95.1 cm³/mol. The van der Waals surface area contributed by atoms with E-state index in [1.165, 1.54) is 0 Å². The molecule has 2 heterocycles. The van der Waals surface area contributed by atoms with Crippen LogP contribution < -0.4 is 9.47 Å². The van der Waals surface area contributed by atoms with E-state index in [2.05, 4.69) is 11.0 Å². The number of hydrogen-bond donors (Lipinski definition) is 0. The van der Waals surface area contributed by atoms with Gasteiger partial charge in [0.1, 0.15) is 11.5 Å². The van der Waals surface area contributed by atoms with Gasteiger partial charge in [-0.1, -0.05) is 6.07 Å². The largest absolute Gasteiger partial charge is 0.497 e. The van der Waals surface area contributed by atoms with Crippen molar-refractivity contribution < 1.29 is 19.0 Å². The van der Waals surface area contributed by atoms with Gasteiger partial charge >= 0.3 is 0 Å². The number of ether oxygens (including phenoxy) is 3. The van der Waals surface area contributed by atoms with Gasteiger partial charge in [-0.3, -0.25) is 9.69 Å². The van der Waals surface area contributed by atoms with Crippen LogP contribution in [0.3, 0.4) is 0 Å². The molecule has 0 spiro atoms. The summed E-state index contributed by atoms with van der Waals surface area (Å²) < 4.78 is 16.4. The van der Waals surface area contributed by atoms with Crippen LogP contribution in [0.1, 0.15) is 31.4 Å². The van der Waals surface area contributed by atoms with Gasteiger partial charge in [-0.05, 0) is 32.4 Å². The number of hydrogen-bond acceptors (Lipinski definition) is 5. The van der Waals surface area contributed by atoms with Crippen molar-refractivity contribution >= 4 is 5.91 Å². The molecule has 0 N–H and O–H groups in total. The number of benzene rings is 1.